The van der Waals surface area contributed by atoms with Crippen LogP contribution in [0, 0.1) is 10.1 Å². The molecule has 0 saturated carbocycles. The molecule has 1 atom stereocenters. The zero-order chi connectivity index (χ0) is 20.0. The normalized spacial score (nSPS) is 11.9. The summed E-state index contributed by atoms with van der Waals surface area (Å²) < 4.78 is 6.25. The summed E-state index contributed by atoms with van der Waals surface area (Å²) in [5.41, 5.74) is 0.241. The molecule has 1 heterocycles. The topological polar surface area (TPSA) is 107 Å². The Morgan fingerprint density at radius 1 is 1.33 bits per heavy atom. The van der Waals surface area contributed by atoms with Crippen LogP contribution in [-0.4, -0.2) is 48.0 Å². The number of likely N-dealkylation sites (N-methyl/N-ethyl adjacent to an activating group) is 1. The van der Waals surface area contributed by atoms with Crippen LogP contribution in [0.1, 0.15) is 11.6 Å². The lowest BCUT2D eigenvalue weighted by Gasteiger charge is -2.25. The first-order chi connectivity index (χ1) is 12.8. The van der Waals surface area contributed by atoms with Crippen molar-refractivity contribution in [3.63, 3.8) is 0 Å². The second-order valence-electron chi connectivity index (χ2n) is 6.17. The number of aromatic nitrogens is 1. The molecular weight excluding hydrogens is 352 g/mol. The molecule has 1 aromatic carbocycles. The summed E-state index contributed by atoms with van der Waals surface area (Å²) in [4.78, 5) is 36.2. The molecule has 0 radical (unpaired) electrons. The molecule has 9 nitrogen and oxygen atoms in total. The summed E-state index contributed by atoms with van der Waals surface area (Å²) >= 11 is 0. The number of nitro groups is 1. The highest BCUT2D eigenvalue weighted by molar-refractivity contribution is 5.75. The van der Waals surface area contributed by atoms with E-state index in [2.05, 4.69) is 5.32 Å². The molecule has 27 heavy (non-hydrogen) atoms. The van der Waals surface area contributed by atoms with E-state index < -0.39 is 16.4 Å². The maximum Gasteiger partial charge on any atom is 0.285 e. The van der Waals surface area contributed by atoms with Gasteiger partial charge < -0.3 is 15.0 Å². The van der Waals surface area contributed by atoms with Crippen molar-refractivity contribution in [2.45, 2.75) is 12.6 Å². The van der Waals surface area contributed by atoms with Crippen LogP contribution in [0.25, 0.3) is 0 Å². The molecule has 2 rings (SSSR count). The summed E-state index contributed by atoms with van der Waals surface area (Å²) in [7, 11) is 5.37. The zero-order valence-corrected chi connectivity index (χ0v) is 15.4. The summed E-state index contributed by atoms with van der Waals surface area (Å²) in [5, 5.41) is 13.6. The van der Waals surface area contributed by atoms with E-state index >= 15 is 0 Å². The molecule has 1 N–H and O–H groups in total. The van der Waals surface area contributed by atoms with E-state index in [1.54, 1.807) is 7.11 Å². The molecule has 0 spiro atoms. The number of ether oxygens (including phenoxy) is 1. The molecule has 9 heteroatoms. The van der Waals surface area contributed by atoms with Crippen molar-refractivity contribution in [2.24, 2.45) is 0 Å². The Morgan fingerprint density at radius 2 is 2.07 bits per heavy atom. The SMILES string of the molecule is COc1cccc(C(CNC(=O)Cn2cc([N+](=O)[O-])ccc2=O)N(C)C)c1. The summed E-state index contributed by atoms with van der Waals surface area (Å²) in [5.74, 6) is 0.307. The Hall–Kier alpha value is -3.20. The molecule has 0 saturated heterocycles. The molecule has 0 fully saturated rings. The van der Waals surface area contributed by atoms with Crippen LogP contribution >= 0.6 is 0 Å². The number of carbonyl (C=O) groups excluding carboxylic acids is 1. The fourth-order valence-electron chi connectivity index (χ4n) is 2.62. The van der Waals surface area contributed by atoms with Gasteiger partial charge in [-0.1, -0.05) is 12.1 Å². The van der Waals surface area contributed by atoms with E-state index in [-0.39, 0.29) is 18.3 Å². The van der Waals surface area contributed by atoms with Gasteiger partial charge in [0, 0.05) is 18.7 Å². The van der Waals surface area contributed by atoms with Crippen LogP contribution < -0.4 is 15.6 Å². The van der Waals surface area contributed by atoms with E-state index in [1.165, 1.54) is 0 Å². The van der Waals surface area contributed by atoms with Crippen LogP contribution in [-0.2, 0) is 11.3 Å². The number of methoxy groups -OCH3 is 1. The number of nitrogens with zero attached hydrogens (tertiary/aromatic N) is 3. The van der Waals surface area contributed by atoms with Crippen molar-refractivity contribution in [2.75, 3.05) is 27.7 Å². The van der Waals surface area contributed by atoms with Gasteiger partial charge in [-0.2, -0.15) is 0 Å². The minimum absolute atomic E-state index is 0.106. The Morgan fingerprint density at radius 3 is 2.70 bits per heavy atom. The van der Waals surface area contributed by atoms with Crippen molar-refractivity contribution < 1.29 is 14.5 Å². The van der Waals surface area contributed by atoms with Crippen LogP contribution in [0.5, 0.6) is 5.75 Å². The molecule has 0 aliphatic heterocycles. The van der Waals surface area contributed by atoms with Gasteiger partial charge in [-0.15, -0.1) is 0 Å². The van der Waals surface area contributed by atoms with E-state index in [1.807, 2.05) is 43.3 Å². The molecule has 2 aromatic rings. The van der Waals surface area contributed by atoms with Gasteiger partial charge in [-0.25, -0.2) is 0 Å². The summed E-state index contributed by atoms with van der Waals surface area (Å²) in [6.45, 7) is 0.0153. The van der Waals surface area contributed by atoms with Gasteiger partial charge in [-0.3, -0.25) is 24.3 Å². The average molecular weight is 374 g/mol. The van der Waals surface area contributed by atoms with Crippen molar-refractivity contribution in [3.8, 4) is 5.75 Å². The third kappa shape index (κ3) is 5.38. The van der Waals surface area contributed by atoms with Gasteiger partial charge in [-0.05, 0) is 31.8 Å². The summed E-state index contributed by atoms with van der Waals surface area (Å²) in [6.07, 6.45) is 1.06. The van der Waals surface area contributed by atoms with Gasteiger partial charge in [0.05, 0.1) is 24.3 Å². The van der Waals surface area contributed by atoms with Gasteiger partial charge in [0.15, 0.2) is 0 Å². The van der Waals surface area contributed by atoms with E-state index in [0.717, 1.165) is 28.5 Å². The highest BCUT2D eigenvalue weighted by atomic mass is 16.6. The van der Waals surface area contributed by atoms with E-state index in [9.17, 15) is 19.7 Å². The van der Waals surface area contributed by atoms with Crippen LogP contribution in [0.2, 0.25) is 0 Å². The van der Waals surface area contributed by atoms with Gasteiger partial charge in [0.1, 0.15) is 12.3 Å². The Bertz CT molecular complexity index is 878. The fraction of sp³-hybridized carbons (Fsp3) is 0.333. The fourth-order valence-corrected chi connectivity index (χ4v) is 2.62. The average Bonchev–Trinajstić information content (AvgIpc) is 2.63. The number of hydrogen-bond donors (Lipinski definition) is 1. The highest BCUT2D eigenvalue weighted by Crippen LogP contribution is 2.22. The Labute approximate surface area is 156 Å². The van der Waals surface area contributed by atoms with Crippen molar-refractivity contribution in [3.05, 3.63) is 68.6 Å². The number of rotatable bonds is 8. The van der Waals surface area contributed by atoms with Crippen LogP contribution in [0.15, 0.2) is 47.4 Å². The maximum atomic E-state index is 12.2. The Kier molecular flexibility index (Phi) is 6.67. The van der Waals surface area contributed by atoms with Gasteiger partial charge >= 0.3 is 0 Å². The summed E-state index contributed by atoms with van der Waals surface area (Å²) in [6, 6.07) is 9.61. The molecule has 0 bridgehead atoms. The van der Waals surface area contributed by atoms with E-state index in [0.29, 0.717) is 12.3 Å². The Balaban J connectivity index is 2.07. The number of hydrogen-bond acceptors (Lipinski definition) is 6. The molecule has 1 unspecified atom stereocenters. The standard InChI is InChI=1S/C18H22N4O5/c1-20(2)16(13-5-4-6-15(9-13)27-3)10-19-17(23)12-21-11-14(22(25)26)7-8-18(21)24/h4-9,11,16H,10,12H2,1-3H3,(H,19,23). The predicted molar refractivity (Wildman–Crippen MR) is 99.8 cm³/mol. The van der Waals surface area contributed by atoms with Crippen LogP contribution in [0.4, 0.5) is 5.69 Å². The zero-order valence-electron chi connectivity index (χ0n) is 15.4. The van der Waals surface area contributed by atoms with Gasteiger partial charge in [0.25, 0.3) is 11.2 Å². The number of benzene rings is 1. The molecule has 0 aliphatic rings. The van der Waals surface area contributed by atoms with E-state index in [4.69, 9.17) is 4.74 Å². The molecular formula is C18H22N4O5. The lowest BCUT2D eigenvalue weighted by Crippen LogP contribution is -2.37. The minimum Gasteiger partial charge on any atom is -0.497 e. The molecule has 144 valence electrons. The monoisotopic (exact) mass is 374 g/mol. The lowest BCUT2D eigenvalue weighted by molar-refractivity contribution is -0.385. The van der Waals surface area contributed by atoms with Crippen molar-refractivity contribution >= 4 is 11.6 Å². The smallest absolute Gasteiger partial charge is 0.285 e. The second kappa shape index (κ2) is 8.95. The first kappa shape index (κ1) is 20.1. The quantitative estimate of drug-likeness (QED) is 0.549. The number of nitrogens with one attached hydrogen (secondary N) is 1. The number of carbonyl (C=O) groups is 1. The molecule has 1 aromatic heterocycles. The highest BCUT2D eigenvalue weighted by Gasteiger charge is 2.17. The first-order valence-electron chi connectivity index (χ1n) is 8.23. The number of amides is 1. The molecule has 0 aliphatic carbocycles. The number of pyridine rings is 1. The largest absolute Gasteiger partial charge is 0.497 e. The first-order valence-corrected chi connectivity index (χ1v) is 8.23. The van der Waals surface area contributed by atoms with Gasteiger partial charge in [0.2, 0.25) is 5.91 Å². The lowest BCUT2D eigenvalue weighted by atomic mass is 10.1. The maximum absolute atomic E-state index is 12.2. The minimum atomic E-state index is -0.612. The molecule has 1 amide bonds. The third-order valence-electron chi connectivity index (χ3n) is 4.09. The second-order valence-corrected chi connectivity index (χ2v) is 6.17. The van der Waals surface area contributed by atoms with Crippen molar-refractivity contribution in [1.82, 2.24) is 14.8 Å². The van der Waals surface area contributed by atoms with Crippen molar-refractivity contribution in [1.29, 1.82) is 0 Å². The predicted octanol–water partition coefficient (Wildman–Crippen LogP) is 1.18. The third-order valence-corrected chi connectivity index (χ3v) is 4.09. The van der Waals surface area contributed by atoms with Crippen LogP contribution in [0.3, 0.4) is 0 Å².